The quantitative estimate of drug-likeness (QED) is 0.869. The first-order valence-electron chi connectivity index (χ1n) is 4.77. The van der Waals surface area contributed by atoms with E-state index in [0.717, 1.165) is 18.2 Å². The molecule has 0 aliphatic rings. The molecule has 1 N–H and O–H groups in total. The van der Waals surface area contributed by atoms with Crippen LogP contribution in [0.25, 0.3) is 0 Å². The fraction of sp³-hybridized carbons (Fsp3) is 0.364. The zero-order valence-corrected chi connectivity index (χ0v) is 9.04. The Balaban J connectivity index is 2.74. The van der Waals surface area contributed by atoms with Gasteiger partial charge in [0, 0.05) is 5.56 Å². The van der Waals surface area contributed by atoms with Crippen LogP contribution in [0.1, 0.15) is 11.1 Å². The molecule has 0 heterocycles. The molecule has 0 saturated carbocycles. The Morgan fingerprint density at radius 1 is 1.47 bits per heavy atom. The van der Waals surface area contributed by atoms with Crippen molar-refractivity contribution in [1.82, 2.24) is 0 Å². The highest BCUT2D eigenvalue weighted by molar-refractivity contribution is 5.67. The summed E-state index contributed by atoms with van der Waals surface area (Å²) < 4.78 is 44.2. The number of rotatable bonds is 5. The van der Waals surface area contributed by atoms with E-state index in [4.69, 9.17) is 5.11 Å². The molecule has 0 aliphatic carbocycles. The summed E-state index contributed by atoms with van der Waals surface area (Å²) in [7, 11) is 0. The number of hydrogen-bond donors (Lipinski definition) is 1. The van der Waals surface area contributed by atoms with Gasteiger partial charge in [-0.2, -0.15) is 8.78 Å². The smallest absolute Gasteiger partial charge is 0.329 e. The van der Waals surface area contributed by atoms with Crippen molar-refractivity contribution >= 4 is 5.97 Å². The van der Waals surface area contributed by atoms with E-state index in [1.54, 1.807) is 0 Å². The SMILES string of the molecule is Cc1cc(C(F)(F)COCC(=O)O)ccc1F. The number of carbonyl (C=O) groups is 1. The summed E-state index contributed by atoms with van der Waals surface area (Å²) in [5.74, 6) is -5.24. The summed E-state index contributed by atoms with van der Waals surface area (Å²) in [4.78, 5) is 10.1. The van der Waals surface area contributed by atoms with Gasteiger partial charge in [-0.3, -0.25) is 0 Å². The Labute approximate surface area is 95.8 Å². The van der Waals surface area contributed by atoms with Gasteiger partial charge in [-0.15, -0.1) is 0 Å². The van der Waals surface area contributed by atoms with Crippen molar-refractivity contribution in [1.29, 1.82) is 0 Å². The first-order chi connectivity index (χ1) is 7.83. The van der Waals surface area contributed by atoms with Gasteiger partial charge in [-0.1, -0.05) is 6.07 Å². The minimum atomic E-state index is -3.34. The standard InChI is InChI=1S/C11H11F3O3/c1-7-4-8(2-3-9(7)12)11(13,14)6-17-5-10(15)16/h2-4H,5-6H2,1H3,(H,15,16). The minimum Gasteiger partial charge on any atom is -0.480 e. The van der Waals surface area contributed by atoms with Gasteiger partial charge in [-0.05, 0) is 24.6 Å². The van der Waals surface area contributed by atoms with E-state index in [1.807, 2.05) is 0 Å². The summed E-state index contributed by atoms with van der Waals surface area (Å²) in [6.07, 6.45) is 0. The van der Waals surface area contributed by atoms with Gasteiger partial charge in [0.2, 0.25) is 0 Å². The van der Waals surface area contributed by atoms with Crippen LogP contribution in [0.2, 0.25) is 0 Å². The Hall–Kier alpha value is -1.56. The van der Waals surface area contributed by atoms with Crippen LogP contribution in [-0.4, -0.2) is 24.3 Å². The summed E-state index contributed by atoms with van der Waals surface area (Å²) in [6.45, 7) is -0.479. The Morgan fingerprint density at radius 2 is 2.12 bits per heavy atom. The fourth-order valence-electron chi connectivity index (χ4n) is 1.22. The van der Waals surface area contributed by atoms with E-state index in [-0.39, 0.29) is 5.56 Å². The van der Waals surface area contributed by atoms with E-state index in [2.05, 4.69) is 4.74 Å². The van der Waals surface area contributed by atoms with Crippen LogP contribution >= 0.6 is 0 Å². The third kappa shape index (κ3) is 3.74. The molecule has 0 saturated heterocycles. The monoisotopic (exact) mass is 248 g/mol. The van der Waals surface area contributed by atoms with Crippen LogP contribution in [0.15, 0.2) is 18.2 Å². The van der Waals surface area contributed by atoms with Gasteiger partial charge in [0.15, 0.2) is 0 Å². The van der Waals surface area contributed by atoms with Crippen molar-refractivity contribution in [2.75, 3.05) is 13.2 Å². The lowest BCUT2D eigenvalue weighted by Crippen LogP contribution is -2.23. The molecule has 1 rings (SSSR count). The zero-order valence-electron chi connectivity index (χ0n) is 9.04. The molecule has 0 atom stereocenters. The number of ether oxygens (including phenoxy) is 1. The average molecular weight is 248 g/mol. The average Bonchev–Trinajstić information content (AvgIpc) is 2.21. The highest BCUT2D eigenvalue weighted by Gasteiger charge is 2.32. The largest absolute Gasteiger partial charge is 0.480 e. The third-order valence-corrected chi connectivity index (χ3v) is 2.09. The van der Waals surface area contributed by atoms with Crippen LogP contribution in [0.4, 0.5) is 13.2 Å². The van der Waals surface area contributed by atoms with E-state index in [1.165, 1.54) is 6.92 Å². The summed E-state index contributed by atoms with van der Waals surface area (Å²) in [5, 5.41) is 8.24. The molecular weight excluding hydrogens is 237 g/mol. The lowest BCUT2D eigenvalue weighted by atomic mass is 10.1. The Bertz CT molecular complexity index is 418. The van der Waals surface area contributed by atoms with Gasteiger partial charge >= 0.3 is 5.97 Å². The maximum absolute atomic E-state index is 13.5. The first-order valence-corrected chi connectivity index (χ1v) is 4.77. The van der Waals surface area contributed by atoms with Crippen molar-refractivity contribution in [2.45, 2.75) is 12.8 Å². The van der Waals surface area contributed by atoms with Crippen LogP contribution in [0.3, 0.4) is 0 Å². The van der Waals surface area contributed by atoms with Crippen molar-refractivity contribution in [3.8, 4) is 0 Å². The molecule has 0 fully saturated rings. The summed E-state index contributed by atoms with van der Waals surface area (Å²) in [5.41, 5.74) is -0.304. The van der Waals surface area contributed by atoms with Crippen LogP contribution in [0, 0.1) is 12.7 Å². The molecule has 94 valence electrons. The molecule has 3 nitrogen and oxygen atoms in total. The second-order valence-corrected chi connectivity index (χ2v) is 3.55. The van der Waals surface area contributed by atoms with Gasteiger partial charge in [0.05, 0.1) is 0 Å². The number of benzene rings is 1. The molecule has 0 aromatic heterocycles. The predicted octanol–water partition coefficient (Wildman–Crippen LogP) is 2.33. The number of carboxylic acid groups (broad SMARTS) is 1. The number of aliphatic carboxylic acids is 1. The van der Waals surface area contributed by atoms with Gasteiger partial charge in [0.1, 0.15) is 19.0 Å². The molecular formula is C11H11F3O3. The van der Waals surface area contributed by atoms with Crippen LogP contribution < -0.4 is 0 Å². The van der Waals surface area contributed by atoms with Crippen LogP contribution in [-0.2, 0) is 15.5 Å². The van der Waals surface area contributed by atoms with Crippen LogP contribution in [0.5, 0.6) is 0 Å². The summed E-state index contributed by atoms with van der Waals surface area (Å²) in [6, 6.07) is 2.90. The Morgan fingerprint density at radius 3 is 2.65 bits per heavy atom. The number of carboxylic acids is 1. The highest BCUT2D eigenvalue weighted by Crippen LogP contribution is 2.29. The van der Waals surface area contributed by atoms with Crippen molar-refractivity contribution in [3.63, 3.8) is 0 Å². The summed E-state index contributed by atoms with van der Waals surface area (Å²) >= 11 is 0. The molecule has 0 bridgehead atoms. The molecule has 0 radical (unpaired) electrons. The Kier molecular flexibility index (Phi) is 4.11. The number of hydrogen-bond acceptors (Lipinski definition) is 2. The maximum atomic E-state index is 13.5. The van der Waals surface area contributed by atoms with Crippen molar-refractivity contribution < 1.29 is 27.8 Å². The number of halogens is 3. The van der Waals surface area contributed by atoms with E-state index in [9.17, 15) is 18.0 Å². The molecule has 0 aliphatic heterocycles. The van der Waals surface area contributed by atoms with Crippen molar-refractivity contribution in [3.05, 3.63) is 35.1 Å². The predicted molar refractivity (Wildman–Crippen MR) is 53.5 cm³/mol. The lowest BCUT2D eigenvalue weighted by Gasteiger charge is -2.16. The normalized spacial score (nSPS) is 11.5. The topological polar surface area (TPSA) is 46.5 Å². The van der Waals surface area contributed by atoms with Gasteiger partial charge in [-0.25, -0.2) is 9.18 Å². The second kappa shape index (κ2) is 5.18. The second-order valence-electron chi connectivity index (χ2n) is 3.55. The highest BCUT2D eigenvalue weighted by atomic mass is 19.3. The van der Waals surface area contributed by atoms with Crippen molar-refractivity contribution in [2.24, 2.45) is 0 Å². The van der Waals surface area contributed by atoms with Gasteiger partial charge < -0.3 is 9.84 Å². The first kappa shape index (κ1) is 13.5. The third-order valence-electron chi connectivity index (χ3n) is 2.09. The molecule has 17 heavy (non-hydrogen) atoms. The number of aryl methyl sites for hydroxylation is 1. The maximum Gasteiger partial charge on any atom is 0.329 e. The number of alkyl halides is 2. The van der Waals surface area contributed by atoms with E-state index >= 15 is 0 Å². The molecule has 6 heteroatoms. The molecule has 1 aromatic carbocycles. The lowest BCUT2D eigenvalue weighted by molar-refractivity contribution is -0.147. The minimum absolute atomic E-state index is 0.0976. The molecule has 0 unspecified atom stereocenters. The van der Waals surface area contributed by atoms with E-state index < -0.39 is 36.5 Å². The molecule has 1 aromatic rings. The zero-order chi connectivity index (χ0) is 13.1. The van der Waals surface area contributed by atoms with Gasteiger partial charge in [0.25, 0.3) is 5.92 Å². The van der Waals surface area contributed by atoms with E-state index in [0.29, 0.717) is 0 Å². The fourth-order valence-corrected chi connectivity index (χ4v) is 1.22. The molecule has 0 amide bonds. The molecule has 0 spiro atoms.